The molecule has 0 aliphatic carbocycles. The Morgan fingerprint density at radius 3 is 2.57 bits per heavy atom. The van der Waals surface area contributed by atoms with Crippen LogP contribution >= 0.6 is 11.6 Å². The Morgan fingerprint density at radius 2 is 1.91 bits per heavy atom. The first-order valence-electron chi connectivity index (χ1n) is 7.27. The number of aryl methyl sites for hydroxylation is 1. The Hall–Kier alpha value is -2.59. The molecule has 0 saturated carbocycles. The summed E-state index contributed by atoms with van der Waals surface area (Å²) in [5, 5.41) is 3.33. The number of carbonyl (C=O) groups is 1. The van der Waals surface area contributed by atoms with Gasteiger partial charge < -0.3 is 9.88 Å². The van der Waals surface area contributed by atoms with Crippen LogP contribution in [0.25, 0.3) is 5.69 Å². The van der Waals surface area contributed by atoms with E-state index in [4.69, 9.17) is 11.6 Å². The van der Waals surface area contributed by atoms with E-state index in [0.29, 0.717) is 17.1 Å². The molecule has 0 radical (unpaired) electrons. The van der Waals surface area contributed by atoms with Gasteiger partial charge in [0.25, 0.3) is 5.91 Å². The van der Waals surface area contributed by atoms with Crippen LogP contribution in [0.1, 0.15) is 21.7 Å². The molecule has 0 saturated heterocycles. The lowest BCUT2D eigenvalue weighted by Crippen LogP contribution is -2.23. The molecule has 23 heavy (non-hydrogen) atoms. The highest BCUT2D eigenvalue weighted by molar-refractivity contribution is 6.33. The molecule has 1 aromatic heterocycles. The van der Waals surface area contributed by atoms with Crippen LogP contribution in [-0.2, 0) is 6.54 Å². The smallest absolute Gasteiger partial charge is 0.253 e. The summed E-state index contributed by atoms with van der Waals surface area (Å²) in [6.45, 7) is 2.41. The molecule has 0 atom stereocenters. The van der Waals surface area contributed by atoms with Gasteiger partial charge in [0.05, 0.1) is 10.6 Å². The Morgan fingerprint density at radius 1 is 1.17 bits per heavy atom. The molecule has 1 heterocycles. The summed E-state index contributed by atoms with van der Waals surface area (Å²) in [6.07, 6.45) is 3.69. The fourth-order valence-electron chi connectivity index (χ4n) is 2.35. The van der Waals surface area contributed by atoms with Crippen LogP contribution in [0.2, 0.25) is 5.02 Å². The number of benzene rings is 2. The predicted octanol–water partition coefficient (Wildman–Crippen LogP) is 3.76. The lowest BCUT2D eigenvalue weighted by atomic mass is 10.1. The minimum Gasteiger partial charge on any atom is -0.348 e. The van der Waals surface area contributed by atoms with Gasteiger partial charge in [-0.2, -0.15) is 0 Å². The van der Waals surface area contributed by atoms with Crippen molar-refractivity contribution in [2.24, 2.45) is 0 Å². The third kappa shape index (κ3) is 3.43. The van der Waals surface area contributed by atoms with E-state index in [2.05, 4.69) is 10.3 Å². The van der Waals surface area contributed by atoms with Crippen molar-refractivity contribution in [2.45, 2.75) is 13.5 Å². The van der Waals surface area contributed by atoms with E-state index >= 15 is 0 Å². The second-order valence-electron chi connectivity index (χ2n) is 5.17. The van der Waals surface area contributed by atoms with Crippen molar-refractivity contribution in [3.63, 3.8) is 0 Å². The largest absolute Gasteiger partial charge is 0.348 e. The SMILES string of the molecule is Cc1nccn1-c1ccc(CNC(=O)c2ccccc2Cl)cc1. The van der Waals surface area contributed by atoms with Gasteiger partial charge in [0.2, 0.25) is 0 Å². The Kier molecular flexibility index (Phi) is 4.44. The van der Waals surface area contributed by atoms with E-state index < -0.39 is 0 Å². The van der Waals surface area contributed by atoms with Crippen molar-refractivity contribution in [3.05, 3.63) is 82.9 Å². The molecular weight excluding hydrogens is 310 g/mol. The van der Waals surface area contributed by atoms with Crippen molar-refractivity contribution in [3.8, 4) is 5.69 Å². The van der Waals surface area contributed by atoms with Gasteiger partial charge in [-0.1, -0.05) is 35.9 Å². The van der Waals surface area contributed by atoms with E-state index in [1.54, 1.807) is 30.5 Å². The minimum absolute atomic E-state index is 0.176. The van der Waals surface area contributed by atoms with Gasteiger partial charge in [0.1, 0.15) is 5.82 Å². The summed E-state index contributed by atoms with van der Waals surface area (Å²) in [4.78, 5) is 16.3. The highest BCUT2D eigenvalue weighted by Gasteiger charge is 2.09. The Bertz CT molecular complexity index is 824. The maximum atomic E-state index is 12.1. The molecule has 0 bridgehead atoms. The molecule has 0 aliphatic rings. The van der Waals surface area contributed by atoms with Gasteiger partial charge in [-0.05, 0) is 36.8 Å². The first-order chi connectivity index (χ1) is 11.1. The molecule has 116 valence electrons. The second kappa shape index (κ2) is 6.67. The number of halogens is 1. The summed E-state index contributed by atoms with van der Waals surface area (Å²) in [5.74, 6) is 0.759. The van der Waals surface area contributed by atoms with Gasteiger partial charge in [0.15, 0.2) is 0 Å². The van der Waals surface area contributed by atoms with Gasteiger partial charge >= 0.3 is 0 Å². The summed E-state index contributed by atoms with van der Waals surface area (Å²) in [6, 6.07) is 15.0. The van der Waals surface area contributed by atoms with Crippen LogP contribution in [0.15, 0.2) is 60.9 Å². The summed E-state index contributed by atoms with van der Waals surface area (Å²) in [7, 11) is 0. The first kappa shape index (κ1) is 15.3. The van der Waals surface area contributed by atoms with Crippen LogP contribution in [-0.4, -0.2) is 15.5 Å². The quantitative estimate of drug-likeness (QED) is 0.793. The van der Waals surface area contributed by atoms with Crippen molar-refractivity contribution in [2.75, 3.05) is 0 Å². The third-order valence-corrected chi connectivity index (χ3v) is 3.94. The van der Waals surface area contributed by atoms with E-state index in [0.717, 1.165) is 17.1 Å². The van der Waals surface area contributed by atoms with Crippen molar-refractivity contribution < 1.29 is 4.79 Å². The highest BCUT2D eigenvalue weighted by Crippen LogP contribution is 2.15. The fourth-order valence-corrected chi connectivity index (χ4v) is 2.57. The zero-order valence-corrected chi connectivity index (χ0v) is 13.4. The molecule has 3 rings (SSSR count). The van der Waals surface area contributed by atoms with Gasteiger partial charge in [-0.3, -0.25) is 4.79 Å². The van der Waals surface area contributed by atoms with E-state index in [1.807, 2.05) is 42.0 Å². The highest BCUT2D eigenvalue weighted by atomic mass is 35.5. The van der Waals surface area contributed by atoms with Crippen LogP contribution in [0.4, 0.5) is 0 Å². The van der Waals surface area contributed by atoms with Crippen molar-refractivity contribution >= 4 is 17.5 Å². The number of carbonyl (C=O) groups excluding carboxylic acids is 1. The van der Waals surface area contributed by atoms with E-state index in [-0.39, 0.29) is 5.91 Å². The summed E-state index contributed by atoms with van der Waals surface area (Å²) in [5.41, 5.74) is 2.55. The topological polar surface area (TPSA) is 46.9 Å². The molecule has 0 spiro atoms. The molecular formula is C18H16ClN3O. The van der Waals surface area contributed by atoms with Gasteiger partial charge in [0, 0.05) is 24.6 Å². The maximum Gasteiger partial charge on any atom is 0.253 e. The van der Waals surface area contributed by atoms with Crippen molar-refractivity contribution in [1.29, 1.82) is 0 Å². The van der Waals surface area contributed by atoms with Crippen LogP contribution in [0.3, 0.4) is 0 Å². The molecule has 3 aromatic rings. The number of imidazole rings is 1. The number of amides is 1. The van der Waals surface area contributed by atoms with Crippen molar-refractivity contribution in [1.82, 2.24) is 14.9 Å². The monoisotopic (exact) mass is 325 g/mol. The van der Waals surface area contributed by atoms with Crippen LogP contribution in [0, 0.1) is 6.92 Å². The molecule has 5 heteroatoms. The van der Waals surface area contributed by atoms with E-state index in [1.165, 1.54) is 0 Å². The van der Waals surface area contributed by atoms with Gasteiger partial charge in [-0.25, -0.2) is 4.98 Å². The molecule has 1 N–H and O–H groups in total. The zero-order valence-electron chi connectivity index (χ0n) is 12.7. The van der Waals surface area contributed by atoms with Crippen LogP contribution < -0.4 is 5.32 Å². The number of aromatic nitrogens is 2. The lowest BCUT2D eigenvalue weighted by molar-refractivity contribution is 0.0951. The summed E-state index contributed by atoms with van der Waals surface area (Å²) < 4.78 is 2.01. The predicted molar refractivity (Wildman–Crippen MR) is 90.9 cm³/mol. The normalized spacial score (nSPS) is 10.5. The molecule has 1 amide bonds. The minimum atomic E-state index is -0.176. The number of rotatable bonds is 4. The third-order valence-electron chi connectivity index (χ3n) is 3.61. The fraction of sp³-hybridized carbons (Fsp3) is 0.111. The van der Waals surface area contributed by atoms with Crippen LogP contribution in [0.5, 0.6) is 0 Å². The molecule has 0 fully saturated rings. The number of hydrogen-bond donors (Lipinski definition) is 1. The Labute approximate surface area is 139 Å². The Balaban J connectivity index is 1.66. The zero-order chi connectivity index (χ0) is 16.2. The van der Waals surface area contributed by atoms with Gasteiger partial charge in [-0.15, -0.1) is 0 Å². The molecule has 2 aromatic carbocycles. The summed E-state index contributed by atoms with van der Waals surface area (Å²) >= 11 is 6.02. The first-order valence-corrected chi connectivity index (χ1v) is 7.65. The average molecular weight is 326 g/mol. The number of nitrogens with one attached hydrogen (secondary N) is 1. The molecule has 4 nitrogen and oxygen atoms in total. The second-order valence-corrected chi connectivity index (χ2v) is 5.58. The number of hydrogen-bond acceptors (Lipinski definition) is 2. The average Bonchev–Trinajstić information content (AvgIpc) is 2.99. The maximum absolute atomic E-state index is 12.1. The standard InChI is InChI=1S/C18H16ClN3O/c1-13-20-10-11-22(13)15-8-6-14(7-9-15)12-21-18(23)16-4-2-3-5-17(16)19/h2-11H,12H2,1H3,(H,21,23). The molecule has 0 unspecified atom stereocenters. The molecule has 0 aliphatic heterocycles. The lowest BCUT2D eigenvalue weighted by Gasteiger charge is -2.09. The van der Waals surface area contributed by atoms with E-state index in [9.17, 15) is 4.79 Å². The number of nitrogens with zero attached hydrogens (tertiary/aromatic N) is 2.